The minimum Gasteiger partial charge on any atom is -0.497 e. The first-order valence-corrected chi connectivity index (χ1v) is 15.8. The van der Waals surface area contributed by atoms with Gasteiger partial charge in [0.05, 0.1) is 12.8 Å². The number of nitrogens with zero attached hydrogens (tertiary/aromatic N) is 2. The van der Waals surface area contributed by atoms with E-state index in [0.29, 0.717) is 33.9 Å². The third-order valence-corrected chi connectivity index (χ3v) is 9.29. The van der Waals surface area contributed by atoms with Gasteiger partial charge in [-0.25, -0.2) is 9.78 Å². The van der Waals surface area contributed by atoms with Gasteiger partial charge in [0.2, 0.25) is 5.91 Å². The number of amides is 3. The van der Waals surface area contributed by atoms with Crippen molar-refractivity contribution in [2.75, 3.05) is 18.2 Å². The number of thiazole rings is 1. The van der Waals surface area contributed by atoms with Crippen LogP contribution in [-0.2, 0) is 16.1 Å². The van der Waals surface area contributed by atoms with Gasteiger partial charge in [-0.3, -0.25) is 14.5 Å². The molecule has 0 radical (unpaired) electrons. The Balaban J connectivity index is 1.15. The fraction of sp³-hybridized carbons (Fsp3) is 0.250. The zero-order chi connectivity index (χ0) is 29.8. The van der Waals surface area contributed by atoms with E-state index < -0.39 is 17.5 Å². The summed E-state index contributed by atoms with van der Waals surface area (Å²) in [7, 11) is 1.60. The fourth-order valence-corrected chi connectivity index (χ4v) is 6.83. The number of benzene rings is 3. The van der Waals surface area contributed by atoms with Crippen molar-refractivity contribution in [1.29, 1.82) is 0 Å². The number of hydrogen-bond acceptors (Lipinski definition) is 8. The van der Waals surface area contributed by atoms with Gasteiger partial charge >= 0.3 is 6.09 Å². The van der Waals surface area contributed by atoms with Crippen LogP contribution < -0.4 is 15.4 Å². The van der Waals surface area contributed by atoms with Gasteiger partial charge in [-0.2, -0.15) is 0 Å². The maximum Gasteiger partial charge on any atom is 0.412 e. The molecule has 3 amide bonds. The first kappa shape index (κ1) is 28.8. The highest BCUT2D eigenvalue weighted by molar-refractivity contribution is 7.99. The van der Waals surface area contributed by atoms with Crippen molar-refractivity contribution in [3.8, 4) is 17.0 Å². The molecule has 1 aliphatic carbocycles. The van der Waals surface area contributed by atoms with E-state index in [-0.39, 0.29) is 18.4 Å². The van der Waals surface area contributed by atoms with Crippen LogP contribution in [0, 0.1) is 0 Å². The van der Waals surface area contributed by atoms with Crippen LogP contribution in [0.25, 0.3) is 11.3 Å². The molecule has 1 saturated heterocycles. The van der Waals surface area contributed by atoms with Crippen molar-refractivity contribution >= 4 is 46.1 Å². The summed E-state index contributed by atoms with van der Waals surface area (Å²) in [5, 5.41) is 7.75. The highest BCUT2D eigenvalue weighted by atomic mass is 32.2. The number of hydrogen-bond donors (Lipinski definition) is 2. The van der Waals surface area contributed by atoms with E-state index in [9.17, 15) is 14.4 Å². The van der Waals surface area contributed by atoms with Gasteiger partial charge in [0.15, 0.2) is 5.13 Å². The van der Waals surface area contributed by atoms with Crippen molar-refractivity contribution < 1.29 is 23.9 Å². The van der Waals surface area contributed by atoms with E-state index in [0.717, 1.165) is 29.5 Å². The molecule has 220 valence electrons. The molecule has 1 aromatic heterocycles. The van der Waals surface area contributed by atoms with Crippen LogP contribution in [0.1, 0.15) is 39.7 Å². The van der Waals surface area contributed by atoms with Crippen LogP contribution >= 0.6 is 23.1 Å². The molecule has 4 aromatic rings. The van der Waals surface area contributed by atoms with Crippen molar-refractivity contribution in [1.82, 2.24) is 15.2 Å². The minimum absolute atomic E-state index is 0.0745. The molecule has 2 fully saturated rings. The van der Waals surface area contributed by atoms with Crippen LogP contribution in [0.5, 0.6) is 5.75 Å². The Kier molecular flexibility index (Phi) is 8.62. The second-order valence-corrected chi connectivity index (χ2v) is 12.2. The average molecular weight is 615 g/mol. The van der Waals surface area contributed by atoms with E-state index in [2.05, 4.69) is 15.6 Å². The van der Waals surface area contributed by atoms with Crippen LogP contribution in [-0.4, -0.2) is 52.7 Å². The monoisotopic (exact) mass is 614 g/mol. The molecule has 3 aromatic carbocycles. The lowest BCUT2D eigenvalue weighted by Gasteiger charge is -2.28. The molecular weight excluding hydrogens is 585 g/mol. The van der Waals surface area contributed by atoms with Gasteiger partial charge in [0.25, 0.3) is 5.91 Å². The molecule has 2 atom stereocenters. The van der Waals surface area contributed by atoms with Crippen molar-refractivity contribution in [3.05, 3.63) is 101 Å². The maximum atomic E-state index is 13.6. The summed E-state index contributed by atoms with van der Waals surface area (Å²) in [6.45, 7) is 0.0986. The summed E-state index contributed by atoms with van der Waals surface area (Å²) in [4.78, 5) is 45.4. The Labute approximate surface area is 257 Å². The molecule has 11 heteroatoms. The molecule has 2 heterocycles. The number of carbonyl (C=O) groups excluding carboxylic acids is 3. The number of ether oxygens (including phenoxy) is 2. The number of methoxy groups -OCH3 is 1. The molecule has 1 aliphatic heterocycles. The summed E-state index contributed by atoms with van der Waals surface area (Å²) in [6.07, 6.45) is 1.50. The predicted molar refractivity (Wildman–Crippen MR) is 167 cm³/mol. The molecule has 6 rings (SSSR count). The molecule has 1 unspecified atom stereocenters. The third kappa shape index (κ3) is 6.84. The molecule has 43 heavy (non-hydrogen) atoms. The number of aromatic nitrogens is 1. The lowest BCUT2D eigenvalue weighted by Crippen LogP contribution is -2.45. The summed E-state index contributed by atoms with van der Waals surface area (Å²) < 4.78 is 11.0. The molecule has 2 N–H and O–H groups in total. The summed E-state index contributed by atoms with van der Waals surface area (Å²) in [5.74, 6) is 0.684. The standard InChI is InChI=1S/C32H30N4O5S2/c1-40-25-15-11-23(12-16-25)30-36(32(39)41-17-20-5-3-2-4-6-20)27(19-42-30)29(38)35-31-34-26(18-43-31)21-7-9-22(10-8-21)28(37)33-24-13-14-24/h2-12,15-16,18,24,27,30H,13-14,17,19H2,1H3,(H,33,37)(H,34,35,38)/t27?,30-/m1/s1. The normalized spacial score (nSPS) is 17.7. The molecule has 0 spiro atoms. The number of nitrogens with one attached hydrogen (secondary N) is 2. The van der Waals surface area contributed by atoms with Gasteiger partial charge in [0, 0.05) is 28.3 Å². The Morgan fingerprint density at radius 1 is 0.977 bits per heavy atom. The first-order chi connectivity index (χ1) is 21.0. The number of anilines is 1. The highest BCUT2D eigenvalue weighted by Gasteiger charge is 2.43. The summed E-state index contributed by atoms with van der Waals surface area (Å²) in [5.41, 5.74) is 3.84. The van der Waals surface area contributed by atoms with E-state index in [1.807, 2.05) is 72.1 Å². The molecule has 0 bridgehead atoms. The second kappa shape index (κ2) is 12.9. The molecule has 9 nitrogen and oxygen atoms in total. The Morgan fingerprint density at radius 3 is 2.42 bits per heavy atom. The largest absolute Gasteiger partial charge is 0.497 e. The van der Waals surface area contributed by atoms with Crippen molar-refractivity contribution in [2.45, 2.75) is 36.9 Å². The number of carbonyl (C=O) groups is 3. The quantitative estimate of drug-likeness (QED) is 0.234. The topological polar surface area (TPSA) is 110 Å². The van der Waals surface area contributed by atoms with Gasteiger partial charge in [-0.15, -0.1) is 23.1 Å². The SMILES string of the molecule is COc1ccc([C@H]2SCC(C(=O)Nc3nc(-c4ccc(C(=O)NC5CC5)cc4)cs3)N2C(=O)OCc2ccccc2)cc1. The van der Waals surface area contributed by atoms with E-state index in [4.69, 9.17) is 9.47 Å². The van der Waals surface area contributed by atoms with Crippen LogP contribution in [0.2, 0.25) is 0 Å². The van der Waals surface area contributed by atoms with Crippen molar-refractivity contribution in [3.63, 3.8) is 0 Å². The van der Waals surface area contributed by atoms with Gasteiger partial charge in [0.1, 0.15) is 23.8 Å². The lowest BCUT2D eigenvalue weighted by molar-refractivity contribution is -0.120. The molecule has 1 saturated carbocycles. The summed E-state index contributed by atoms with van der Waals surface area (Å²) in [6, 6.07) is 23.7. The zero-order valence-electron chi connectivity index (χ0n) is 23.4. The Bertz CT molecular complexity index is 1590. The molecular formula is C32H30N4O5S2. The maximum absolute atomic E-state index is 13.6. The minimum atomic E-state index is -0.767. The zero-order valence-corrected chi connectivity index (χ0v) is 25.0. The van der Waals surface area contributed by atoms with E-state index in [1.165, 1.54) is 28.0 Å². The first-order valence-electron chi connectivity index (χ1n) is 13.9. The fourth-order valence-electron chi connectivity index (χ4n) is 4.69. The Hall–Kier alpha value is -4.35. The second-order valence-electron chi connectivity index (χ2n) is 10.3. The van der Waals surface area contributed by atoms with Crippen LogP contribution in [0.15, 0.2) is 84.2 Å². The van der Waals surface area contributed by atoms with E-state index in [1.54, 1.807) is 19.2 Å². The van der Waals surface area contributed by atoms with Gasteiger partial charge in [-0.05, 0) is 48.2 Å². The molecule has 2 aliphatic rings. The predicted octanol–water partition coefficient (Wildman–Crippen LogP) is 6.10. The third-order valence-electron chi connectivity index (χ3n) is 7.21. The Morgan fingerprint density at radius 2 is 1.72 bits per heavy atom. The van der Waals surface area contributed by atoms with Crippen LogP contribution in [0.3, 0.4) is 0 Å². The van der Waals surface area contributed by atoms with Crippen molar-refractivity contribution in [2.24, 2.45) is 0 Å². The van der Waals surface area contributed by atoms with Gasteiger partial charge in [-0.1, -0.05) is 54.6 Å². The van der Waals surface area contributed by atoms with E-state index >= 15 is 0 Å². The number of thioether (sulfide) groups is 1. The lowest BCUT2D eigenvalue weighted by atomic mass is 10.1. The summed E-state index contributed by atoms with van der Waals surface area (Å²) >= 11 is 2.80. The number of rotatable bonds is 9. The highest BCUT2D eigenvalue weighted by Crippen LogP contribution is 2.42. The van der Waals surface area contributed by atoms with Crippen LogP contribution in [0.4, 0.5) is 9.93 Å². The average Bonchev–Trinajstić information content (AvgIpc) is 3.54. The smallest absolute Gasteiger partial charge is 0.412 e. The van der Waals surface area contributed by atoms with Gasteiger partial charge < -0.3 is 20.1 Å².